The number of hydrogen-bond acceptors (Lipinski definition) is 2. The highest BCUT2D eigenvalue weighted by Crippen LogP contribution is 2.11. The maximum Gasteiger partial charge on any atom is 0.0830 e. The van der Waals surface area contributed by atoms with Gasteiger partial charge in [-0.3, -0.25) is 4.68 Å². The van der Waals surface area contributed by atoms with Crippen molar-refractivity contribution < 1.29 is 0 Å². The summed E-state index contributed by atoms with van der Waals surface area (Å²) in [7, 11) is 1.81. The molecule has 5 heteroatoms. The maximum atomic E-state index is 5.68. The average molecular weight is 182 g/mol. The largest absolute Gasteiger partial charge is 0.325 e. The molecule has 1 rings (SSSR count). The van der Waals surface area contributed by atoms with Crippen LogP contribution in [0.4, 0.5) is 0 Å². The fourth-order valence-electron chi connectivity index (χ4n) is 0.666. The third-order valence-electron chi connectivity index (χ3n) is 1.20. The molecule has 0 spiro atoms. The fraction of sp³-hybridized carbons (Fsp3) is 0.400. The van der Waals surface area contributed by atoms with Crippen molar-refractivity contribution in [3.8, 4) is 0 Å². The smallest absolute Gasteiger partial charge is 0.0830 e. The molecule has 1 aromatic rings. The topological polar surface area (TPSA) is 43.8 Å². The summed E-state index contributed by atoms with van der Waals surface area (Å²) in [5.41, 5.74) is 6.22. The molecule has 0 aromatic carbocycles. The van der Waals surface area contributed by atoms with E-state index in [4.69, 9.17) is 17.3 Å². The zero-order valence-electron chi connectivity index (χ0n) is 5.54. The molecular formula is C5H9Cl2N3. The minimum absolute atomic E-state index is 0. The third kappa shape index (κ3) is 1.62. The van der Waals surface area contributed by atoms with E-state index in [1.54, 1.807) is 10.9 Å². The molecule has 0 amide bonds. The van der Waals surface area contributed by atoms with Crippen LogP contribution in [-0.4, -0.2) is 9.78 Å². The lowest BCUT2D eigenvalue weighted by Crippen LogP contribution is -2.04. The van der Waals surface area contributed by atoms with Crippen LogP contribution in [0.2, 0.25) is 5.02 Å². The molecule has 0 saturated heterocycles. The number of nitrogens with two attached hydrogens (primary N) is 1. The summed E-state index contributed by atoms with van der Waals surface area (Å²) >= 11 is 5.68. The highest BCUT2D eigenvalue weighted by molar-refractivity contribution is 6.31. The van der Waals surface area contributed by atoms with Crippen molar-refractivity contribution in [3.05, 3.63) is 16.9 Å². The van der Waals surface area contributed by atoms with Crippen molar-refractivity contribution in [2.45, 2.75) is 6.54 Å². The van der Waals surface area contributed by atoms with Gasteiger partial charge in [0.25, 0.3) is 0 Å². The van der Waals surface area contributed by atoms with Crippen LogP contribution in [0.1, 0.15) is 5.69 Å². The van der Waals surface area contributed by atoms with Gasteiger partial charge < -0.3 is 5.73 Å². The number of nitrogens with zero attached hydrogens (tertiary/aromatic N) is 2. The minimum atomic E-state index is 0. The molecule has 0 unspecified atom stereocenters. The molecule has 0 radical (unpaired) electrons. The van der Waals surface area contributed by atoms with Crippen LogP contribution >= 0.6 is 24.0 Å². The summed E-state index contributed by atoms with van der Waals surface area (Å²) in [6.07, 6.45) is 1.59. The highest BCUT2D eigenvalue weighted by atomic mass is 35.5. The summed E-state index contributed by atoms with van der Waals surface area (Å²) in [5, 5.41) is 4.53. The molecule has 0 aliphatic heterocycles. The van der Waals surface area contributed by atoms with Crippen molar-refractivity contribution in [3.63, 3.8) is 0 Å². The Kier molecular flexibility index (Phi) is 3.71. The maximum absolute atomic E-state index is 5.68. The van der Waals surface area contributed by atoms with Crippen LogP contribution in [0.15, 0.2) is 6.20 Å². The van der Waals surface area contributed by atoms with Gasteiger partial charge in [-0.15, -0.1) is 12.4 Å². The van der Waals surface area contributed by atoms with Gasteiger partial charge in [0.05, 0.1) is 16.9 Å². The molecule has 1 aromatic heterocycles. The molecule has 10 heavy (non-hydrogen) atoms. The number of halogens is 2. The van der Waals surface area contributed by atoms with Crippen LogP contribution in [-0.2, 0) is 13.6 Å². The molecule has 0 fully saturated rings. The Morgan fingerprint density at radius 2 is 2.40 bits per heavy atom. The molecule has 0 aliphatic carbocycles. The van der Waals surface area contributed by atoms with Gasteiger partial charge in [-0.1, -0.05) is 11.6 Å². The monoisotopic (exact) mass is 181 g/mol. The lowest BCUT2D eigenvalue weighted by Gasteiger charge is -1.95. The second-order valence-electron chi connectivity index (χ2n) is 1.77. The summed E-state index contributed by atoms with van der Waals surface area (Å²) in [6, 6.07) is 0. The van der Waals surface area contributed by atoms with Crippen molar-refractivity contribution >= 4 is 24.0 Å². The number of rotatable bonds is 1. The SMILES string of the molecule is Cl.Cn1ncc(Cl)c1CN. The molecule has 1 heterocycles. The lowest BCUT2D eigenvalue weighted by molar-refractivity contribution is 0.712. The summed E-state index contributed by atoms with van der Waals surface area (Å²) < 4.78 is 1.67. The van der Waals surface area contributed by atoms with E-state index >= 15 is 0 Å². The van der Waals surface area contributed by atoms with Crippen LogP contribution in [0.5, 0.6) is 0 Å². The van der Waals surface area contributed by atoms with Gasteiger partial charge in [-0.25, -0.2) is 0 Å². The molecule has 2 N–H and O–H groups in total. The number of hydrogen-bond donors (Lipinski definition) is 1. The number of aromatic nitrogens is 2. The molecule has 3 nitrogen and oxygen atoms in total. The van der Waals surface area contributed by atoms with E-state index in [0.29, 0.717) is 11.6 Å². The number of aryl methyl sites for hydroxylation is 1. The summed E-state index contributed by atoms with van der Waals surface area (Å²) in [6.45, 7) is 0.440. The Labute approximate surface area is 70.6 Å². The highest BCUT2D eigenvalue weighted by Gasteiger charge is 2.01. The van der Waals surface area contributed by atoms with E-state index in [1.807, 2.05) is 7.05 Å². The zero-order chi connectivity index (χ0) is 6.85. The van der Waals surface area contributed by atoms with Crippen LogP contribution < -0.4 is 5.73 Å². The van der Waals surface area contributed by atoms with Gasteiger partial charge in [-0.05, 0) is 0 Å². The quantitative estimate of drug-likeness (QED) is 0.702. The van der Waals surface area contributed by atoms with Crippen molar-refractivity contribution in [2.24, 2.45) is 12.8 Å². The van der Waals surface area contributed by atoms with E-state index in [1.165, 1.54) is 0 Å². The molecule has 58 valence electrons. The minimum Gasteiger partial charge on any atom is -0.325 e. The second kappa shape index (κ2) is 3.81. The Balaban J connectivity index is 0.000000810. The van der Waals surface area contributed by atoms with E-state index in [-0.39, 0.29) is 12.4 Å². The fourth-order valence-corrected chi connectivity index (χ4v) is 0.909. The summed E-state index contributed by atoms with van der Waals surface area (Å²) in [5.74, 6) is 0. The average Bonchev–Trinajstić information content (AvgIpc) is 2.12. The molecule has 0 aliphatic rings. The van der Waals surface area contributed by atoms with Crippen LogP contribution in [0.25, 0.3) is 0 Å². The first kappa shape index (κ1) is 9.75. The first-order valence-corrected chi connectivity index (χ1v) is 3.00. The zero-order valence-corrected chi connectivity index (χ0v) is 7.11. The third-order valence-corrected chi connectivity index (χ3v) is 1.52. The van der Waals surface area contributed by atoms with Gasteiger partial charge in [0.15, 0.2) is 0 Å². The predicted octanol–water partition coefficient (Wildman–Crippen LogP) is 0.954. The van der Waals surface area contributed by atoms with Crippen molar-refractivity contribution in [1.29, 1.82) is 0 Å². The summed E-state index contributed by atoms with van der Waals surface area (Å²) in [4.78, 5) is 0. The van der Waals surface area contributed by atoms with Gasteiger partial charge in [0, 0.05) is 13.6 Å². The van der Waals surface area contributed by atoms with Gasteiger partial charge in [0.1, 0.15) is 0 Å². The lowest BCUT2D eigenvalue weighted by atomic mass is 10.4. The molecule has 0 bridgehead atoms. The molecule has 0 atom stereocenters. The standard InChI is InChI=1S/C5H8ClN3.ClH/c1-9-5(2-7)4(6)3-8-9;/h3H,2,7H2,1H3;1H. The predicted molar refractivity (Wildman–Crippen MR) is 43.4 cm³/mol. The normalized spacial score (nSPS) is 9.10. The van der Waals surface area contributed by atoms with E-state index < -0.39 is 0 Å². The molecule has 0 saturated carbocycles. The van der Waals surface area contributed by atoms with Crippen LogP contribution in [0.3, 0.4) is 0 Å². The molecular weight excluding hydrogens is 173 g/mol. The Bertz CT molecular complexity index is 189. The first-order chi connectivity index (χ1) is 4.25. The van der Waals surface area contributed by atoms with E-state index in [9.17, 15) is 0 Å². The van der Waals surface area contributed by atoms with Crippen molar-refractivity contribution in [1.82, 2.24) is 9.78 Å². The Morgan fingerprint density at radius 1 is 1.80 bits per heavy atom. The van der Waals surface area contributed by atoms with E-state index in [2.05, 4.69) is 5.10 Å². The Hall–Kier alpha value is -0.250. The van der Waals surface area contributed by atoms with Gasteiger partial charge in [-0.2, -0.15) is 5.10 Å². The van der Waals surface area contributed by atoms with Gasteiger partial charge >= 0.3 is 0 Å². The van der Waals surface area contributed by atoms with Crippen molar-refractivity contribution in [2.75, 3.05) is 0 Å². The Morgan fingerprint density at radius 3 is 2.60 bits per heavy atom. The van der Waals surface area contributed by atoms with Crippen LogP contribution in [0, 0.1) is 0 Å². The first-order valence-electron chi connectivity index (χ1n) is 2.62. The second-order valence-corrected chi connectivity index (χ2v) is 2.17. The van der Waals surface area contributed by atoms with Gasteiger partial charge in [0.2, 0.25) is 0 Å². The van der Waals surface area contributed by atoms with E-state index in [0.717, 1.165) is 5.69 Å².